The van der Waals surface area contributed by atoms with Crippen molar-refractivity contribution in [2.45, 2.75) is 43.7 Å². The van der Waals surface area contributed by atoms with Gasteiger partial charge in [0.25, 0.3) is 11.8 Å². The number of fused-ring (bicyclic) bond motifs is 4. The van der Waals surface area contributed by atoms with Gasteiger partial charge in [0.2, 0.25) is 11.8 Å². The summed E-state index contributed by atoms with van der Waals surface area (Å²) in [6.45, 7) is 1.99. The van der Waals surface area contributed by atoms with Gasteiger partial charge in [0, 0.05) is 17.1 Å². The number of phenolic OH excluding ortho intramolecular Hbond substituents is 1. The van der Waals surface area contributed by atoms with Gasteiger partial charge < -0.3 is 9.84 Å². The van der Waals surface area contributed by atoms with Crippen LogP contribution in [0.5, 0.6) is 11.5 Å². The predicted molar refractivity (Wildman–Crippen MR) is 205 cm³/mol. The number of benzene rings is 3. The van der Waals surface area contributed by atoms with E-state index in [1.165, 1.54) is 24.1 Å². The van der Waals surface area contributed by atoms with Crippen molar-refractivity contribution in [3.8, 4) is 11.5 Å². The number of amides is 4. The highest BCUT2D eigenvalue weighted by Crippen LogP contribution is 2.65. The molecule has 3 heterocycles. The fraction of sp³-hybridized carbons (Fsp3) is 0.293. The van der Waals surface area contributed by atoms with Gasteiger partial charge in [0.05, 0.1) is 51.6 Å². The van der Waals surface area contributed by atoms with Gasteiger partial charge in [-0.25, -0.2) is 4.98 Å². The average Bonchev–Trinajstić information content (AvgIpc) is 3.57. The Morgan fingerprint density at radius 1 is 0.930 bits per heavy atom. The number of hydrogen-bond donors (Lipinski definition) is 2. The van der Waals surface area contributed by atoms with Gasteiger partial charge in [0.1, 0.15) is 0 Å². The number of carbonyl (C=O) groups is 4. The number of rotatable bonds is 7. The van der Waals surface area contributed by atoms with Gasteiger partial charge in [0.15, 0.2) is 17.3 Å². The summed E-state index contributed by atoms with van der Waals surface area (Å²) in [5.74, 6) is -7.95. The summed E-state index contributed by atoms with van der Waals surface area (Å²) in [6, 6.07) is 17.1. The quantitative estimate of drug-likeness (QED) is 0.140. The minimum atomic E-state index is -4.77. The maximum atomic E-state index is 15.4. The molecule has 3 fully saturated rings. The first-order valence-electron chi connectivity index (χ1n) is 18.0. The molecule has 10 nitrogen and oxygen atoms in total. The van der Waals surface area contributed by atoms with Crippen LogP contribution < -0.4 is 15.1 Å². The van der Waals surface area contributed by atoms with Crippen LogP contribution >= 0.6 is 34.8 Å². The van der Waals surface area contributed by atoms with Gasteiger partial charge in [-0.1, -0.05) is 77.6 Å². The van der Waals surface area contributed by atoms with Crippen LogP contribution in [-0.4, -0.2) is 45.8 Å². The highest BCUT2D eigenvalue weighted by molar-refractivity contribution is 6.33. The number of hydrazine groups is 1. The number of hydrogen-bond acceptors (Lipinski definition) is 8. The molecule has 2 aliphatic carbocycles. The smallest absolute Gasteiger partial charge is 0.417 e. The molecule has 1 aromatic heterocycles. The molecule has 57 heavy (non-hydrogen) atoms. The first-order valence-corrected chi connectivity index (χ1v) is 19.1. The summed E-state index contributed by atoms with van der Waals surface area (Å²) in [4.78, 5) is 64.0. The number of nitrogens with zero attached hydrogens (tertiary/aromatic N) is 3. The van der Waals surface area contributed by atoms with E-state index in [0.717, 1.165) is 12.0 Å². The highest BCUT2D eigenvalue weighted by atomic mass is 35.5. The molecule has 2 N–H and O–H groups in total. The lowest BCUT2D eigenvalue weighted by atomic mass is 9.49. The number of aromatic nitrogens is 1. The predicted octanol–water partition coefficient (Wildman–Crippen LogP) is 8.53. The molecule has 294 valence electrons. The zero-order valence-corrected chi connectivity index (χ0v) is 32.4. The Hall–Kier alpha value is -5.11. The van der Waals surface area contributed by atoms with Crippen molar-refractivity contribution in [3.05, 3.63) is 122 Å². The molecular formula is C41H32Cl3F3N4O6. The van der Waals surface area contributed by atoms with Crippen molar-refractivity contribution in [2.24, 2.45) is 23.7 Å². The van der Waals surface area contributed by atoms with E-state index in [1.807, 2.05) is 25.1 Å². The molecule has 2 saturated heterocycles. The maximum Gasteiger partial charge on any atom is 0.417 e. The molecule has 0 spiro atoms. The van der Waals surface area contributed by atoms with Gasteiger partial charge in [-0.3, -0.25) is 29.5 Å². The first kappa shape index (κ1) is 38.7. The number of pyridine rings is 1. The molecule has 2 aliphatic heterocycles. The van der Waals surface area contributed by atoms with Crippen molar-refractivity contribution in [3.63, 3.8) is 0 Å². The number of aromatic hydroxyl groups is 1. The standard InChI is InChI=1S/C41H32Cl3F3N4O6/c1-3-19-4-10-24(11-5-19)50-36(53)26-13-12-25-27(32(26)38(50)55)17-28-37(54)51(49-35-30(44)16-22(18-48-35)41(45,46)47)39(56)40(28,21-6-8-23(42)9-7-21)33(25)20-14-29(43)34(52)31(15-20)57-2/h4-12,14-16,18,26-28,32-33,52H,3,13,17H2,1-2H3,(H,48,49)/t26-,27+,28-,32-,33-,40+/m0/s1. The van der Waals surface area contributed by atoms with Crippen molar-refractivity contribution in [1.29, 1.82) is 0 Å². The minimum Gasteiger partial charge on any atom is -0.503 e. The van der Waals surface area contributed by atoms with E-state index in [2.05, 4.69) is 10.4 Å². The fourth-order valence-corrected chi connectivity index (χ4v) is 9.76. The van der Waals surface area contributed by atoms with Crippen LogP contribution in [0.25, 0.3) is 0 Å². The summed E-state index contributed by atoms with van der Waals surface area (Å²) in [5.41, 5.74) is 2.38. The number of nitrogens with one attached hydrogen (secondary N) is 1. The molecule has 4 amide bonds. The van der Waals surface area contributed by atoms with Crippen molar-refractivity contribution < 1.29 is 42.2 Å². The molecular weight excluding hydrogens is 808 g/mol. The molecule has 0 bridgehead atoms. The number of phenols is 1. The Bertz CT molecular complexity index is 2390. The van der Waals surface area contributed by atoms with Gasteiger partial charge >= 0.3 is 6.18 Å². The number of methoxy groups -OCH3 is 1. The Morgan fingerprint density at radius 2 is 1.63 bits per heavy atom. The first-order chi connectivity index (χ1) is 27.1. The van der Waals surface area contributed by atoms with Gasteiger partial charge in [-0.15, -0.1) is 0 Å². The van der Waals surface area contributed by atoms with Gasteiger partial charge in [-0.05, 0) is 84.3 Å². The zero-order chi connectivity index (χ0) is 40.7. The largest absolute Gasteiger partial charge is 0.503 e. The Balaban J connectivity index is 1.32. The number of alkyl halides is 3. The molecule has 3 aromatic carbocycles. The van der Waals surface area contributed by atoms with Crippen LogP contribution in [0.1, 0.15) is 47.9 Å². The van der Waals surface area contributed by atoms with E-state index < -0.39 is 69.5 Å². The van der Waals surface area contributed by atoms with Crippen LogP contribution in [-0.2, 0) is 37.2 Å². The summed E-state index contributed by atoms with van der Waals surface area (Å²) >= 11 is 19.2. The Kier molecular flexibility index (Phi) is 9.56. The molecule has 6 atom stereocenters. The number of allylic oxidation sites excluding steroid dienone is 2. The van der Waals surface area contributed by atoms with Crippen LogP contribution in [0.3, 0.4) is 0 Å². The third-order valence-corrected chi connectivity index (χ3v) is 12.6. The lowest BCUT2D eigenvalue weighted by molar-refractivity contribution is -0.139. The third kappa shape index (κ3) is 5.96. The fourth-order valence-electron chi connectivity index (χ4n) is 9.21. The molecule has 8 rings (SSSR count). The van der Waals surface area contributed by atoms with Crippen LogP contribution in [0.2, 0.25) is 15.1 Å². The second-order valence-corrected chi connectivity index (χ2v) is 15.8. The van der Waals surface area contributed by atoms with Crippen molar-refractivity contribution in [2.75, 3.05) is 17.4 Å². The van der Waals surface area contributed by atoms with E-state index in [1.54, 1.807) is 36.4 Å². The number of aryl methyl sites for hydroxylation is 1. The molecule has 4 aliphatic rings. The second-order valence-electron chi connectivity index (χ2n) is 14.5. The lowest BCUT2D eigenvalue weighted by Gasteiger charge is -2.50. The topological polar surface area (TPSA) is 129 Å². The van der Waals surface area contributed by atoms with Crippen molar-refractivity contribution in [1.82, 2.24) is 9.99 Å². The minimum absolute atomic E-state index is 0.0296. The van der Waals surface area contributed by atoms with E-state index in [0.29, 0.717) is 44.7 Å². The second kappa shape index (κ2) is 14.1. The summed E-state index contributed by atoms with van der Waals surface area (Å²) < 4.78 is 46.0. The maximum absolute atomic E-state index is 15.4. The Labute approximate surface area is 339 Å². The normalized spacial score (nSPS) is 25.6. The number of imide groups is 2. The van der Waals surface area contributed by atoms with Crippen LogP contribution in [0.4, 0.5) is 24.7 Å². The third-order valence-electron chi connectivity index (χ3n) is 11.8. The number of carbonyl (C=O) groups excluding carboxylic acids is 4. The number of ether oxygens (including phenoxy) is 1. The van der Waals surface area contributed by atoms with Crippen LogP contribution in [0.15, 0.2) is 84.6 Å². The Morgan fingerprint density at radius 3 is 2.26 bits per heavy atom. The SMILES string of the molecule is CCc1ccc(N2C(=O)[C@H]3[C@H](CC=C4[C@H]3C[C@H]3C(=O)N(Nc5ncc(C(F)(F)F)cc5Cl)C(=O)[C@@]3(c3ccc(Cl)cc3)[C@H]4c3cc(Cl)c(O)c(OC)c3)C2=O)cc1. The molecule has 0 radical (unpaired) electrons. The average molecular weight is 840 g/mol. The molecule has 4 aromatic rings. The zero-order valence-electron chi connectivity index (χ0n) is 30.1. The van der Waals surface area contributed by atoms with E-state index in [-0.39, 0.29) is 41.1 Å². The van der Waals surface area contributed by atoms with Crippen LogP contribution in [0, 0.1) is 23.7 Å². The van der Waals surface area contributed by atoms with Gasteiger partial charge in [-0.2, -0.15) is 18.2 Å². The molecule has 1 saturated carbocycles. The molecule has 0 unspecified atom stereocenters. The lowest BCUT2D eigenvalue weighted by Crippen LogP contribution is -2.53. The highest BCUT2D eigenvalue weighted by Gasteiger charge is 2.70. The summed E-state index contributed by atoms with van der Waals surface area (Å²) in [6.07, 6.45) is -1.58. The van der Waals surface area contributed by atoms with E-state index in [4.69, 9.17) is 39.5 Å². The van der Waals surface area contributed by atoms with E-state index in [9.17, 15) is 32.7 Å². The number of halogens is 6. The van der Waals surface area contributed by atoms with Crippen molar-refractivity contribution >= 4 is 69.9 Å². The summed E-state index contributed by atoms with van der Waals surface area (Å²) in [5, 5.41) is 11.2. The monoisotopic (exact) mass is 838 g/mol. The molecule has 16 heteroatoms. The number of anilines is 2. The summed E-state index contributed by atoms with van der Waals surface area (Å²) in [7, 11) is 1.32. The van der Waals surface area contributed by atoms with E-state index >= 15 is 4.79 Å².